The molecule has 1 aliphatic rings. The van der Waals surface area contributed by atoms with Crippen molar-refractivity contribution in [1.82, 2.24) is 0 Å². The fraction of sp³-hybridized carbons (Fsp3) is 0.0833. The number of ether oxygens (including phenoxy) is 1. The molecule has 3 aromatic carbocycles. The second kappa shape index (κ2) is 8.43. The topological polar surface area (TPSA) is 66.8 Å². The standard InChI is InChI=1S/C24H16ClF2NO4/c1-32-19-10-7-14(11-16(19)25)22(29)20-21(13-5-3-2-4-6-13)28(24(31)23(20)30)15-8-9-17(26)18(27)12-15/h2-12,21,29H,1H3/b22-20+. The molecule has 32 heavy (non-hydrogen) atoms. The summed E-state index contributed by atoms with van der Waals surface area (Å²) in [6.07, 6.45) is 0. The van der Waals surface area contributed by atoms with Crippen molar-refractivity contribution < 1.29 is 28.2 Å². The van der Waals surface area contributed by atoms with E-state index in [0.717, 1.165) is 17.0 Å². The summed E-state index contributed by atoms with van der Waals surface area (Å²) in [6, 6.07) is 14.7. The predicted molar refractivity (Wildman–Crippen MR) is 116 cm³/mol. The van der Waals surface area contributed by atoms with E-state index in [0.29, 0.717) is 11.3 Å². The third kappa shape index (κ3) is 3.61. The van der Waals surface area contributed by atoms with Crippen molar-refractivity contribution >= 4 is 34.7 Å². The fourth-order valence-corrected chi connectivity index (χ4v) is 3.91. The summed E-state index contributed by atoms with van der Waals surface area (Å²) < 4.78 is 32.5. The van der Waals surface area contributed by atoms with E-state index >= 15 is 0 Å². The molecule has 5 nitrogen and oxygen atoms in total. The third-order valence-electron chi connectivity index (χ3n) is 5.17. The highest BCUT2D eigenvalue weighted by molar-refractivity contribution is 6.51. The molecule has 1 heterocycles. The Kier molecular flexibility index (Phi) is 5.67. The van der Waals surface area contributed by atoms with E-state index in [9.17, 15) is 23.5 Å². The monoisotopic (exact) mass is 455 g/mol. The van der Waals surface area contributed by atoms with E-state index in [-0.39, 0.29) is 21.8 Å². The van der Waals surface area contributed by atoms with Crippen LogP contribution in [0.3, 0.4) is 0 Å². The molecule has 1 aliphatic heterocycles. The quantitative estimate of drug-likeness (QED) is 0.331. The number of benzene rings is 3. The van der Waals surface area contributed by atoms with Gasteiger partial charge < -0.3 is 9.84 Å². The maximum Gasteiger partial charge on any atom is 0.300 e. The number of Topliss-reactive ketones (excluding diaryl/α,β-unsaturated/α-hetero) is 1. The minimum atomic E-state index is -1.17. The van der Waals surface area contributed by atoms with Crippen LogP contribution in [0.1, 0.15) is 17.2 Å². The van der Waals surface area contributed by atoms with Crippen molar-refractivity contribution in [3.63, 3.8) is 0 Å². The Labute approximate surface area is 187 Å². The molecule has 1 amide bonds. The van der Waals surface area contributed by atoms with Gasteiger partial charge >= 0.3 is 0 Å². The minimum absolute atomic E-state index is 0.0216. The SMILES string of the molecule is COc1ccc(/C(O)=C2\C(=O)C(=O)N(c3ccc(F)c(F)c3)C2c2ccccc2)cc1Cl. The number of amides is 1. The Hall–Kier alpha value is -3.71. The summed E-state index contributed by atoms with van der Waals surface area (Å²) in [5.41, 5.74) is 0.469. The van der Waals surface area contributed by atoms with Gasteiger partial charge in [-0.15, -0.1) is 0 Å². The lowest BCUT2D eigenvalue weighted by molar-refractivity contribution is -0.132. The molecule has 4 rings (SSSR count). The molecule has 1 fully saturated rings. The molecular weight excluding hydrogens is 440 g/mol. The van der Waals surface area contributed by atoms with Crippen molar-refractivity contribution in [2.75, 3.05) is 12.0 Å². The first-order chi connectivity index (χ1) is 15.3. The molecule has 0 bridgehead atoms. The predicted octanol–water partition coefficient (Wildman–Crippen LogP) is 5.25. The lowest BCUT2D eigenvalue weighted by Gasteiger charge is -2.25. The number of hydrogen-bond acceptors (Lipinski definition) is 4. The van der Waals surface area contributed by atoms with Crippen LogP contribution in [0.15, 0.2) is 72.3 Å². The number of aliphatic hydroxyl groups excluding tert-OH is 1. The van der Waals surface area contributed by atoms with E-state index in [1.807, 2.05) is 0 Å². The van der Waals surface area contributed by atoms with Gasteiger partial charge in [-0.05, 0) is 35.9 Å². The van der Waals surface area contributed by atoms with E-state index < -0.39 is 35.1 Å². The largest absolute Gasteiger partial charge is 0.507 e. The summed E-state index contributed by atoms with van der Waals surface area (Å²) in [5, 5.41) is 11.2. The Morgan fingerprint density at radius 1 is 1.00 bits per heavy atom. The third-order valence-corrected chi connectivity index (χ3v) is 5.46. The van der Waals surface area contributed by atoms with Crippen LogP contribution in [0, 0.1) is 11.6 Å². The van der Waals surface area contributed by atoms with E-state index in [1.54, 1.807) is 30.3 Å². The molecule has 0 saturated carbocycles. The molecule has 3 aromatic rings. The summed E-state index contributed by atoms with van der Waals surface area (Å²) in [5.74, 6) is -4.29. The maximum absolute atomic E-state index is 13.9. The first-order valence-corrected chi connectivity index (χ1v) is 9.86. The molecule has 1 atom stereocenters. The lowest BCUT2D eigenvalue weighted by atomic mass is 9.95. The highest BCUT2D eigenvalue weighted by Gasteiger charge is 2.47. The molecule has 8 heteroatoms. The first kappa shape index (κ1) is 21.5. The Balaban J connectivity index is 1.94. The van der Waals surface area contributed by atoms with Gasteiger partial charge in [-0.25, -0.2) is 8.78 Å². The second-order valence-electron chi connectivity index (χ2n) is 7.03. The Bertz CT molecular complexity index is 1260. The summed E-state index contributed by atoms with van der Waals surface area (Å²) in [6.45, 7) is 0. The molecule has 0 aromatic heterocycles. The van der Waals surface area contributed by atoms with Gasteiger partial charge in [0.1, 0.15) is 11.5 Å². The summed E-state index contributed by atoms with van der Waals surface area (Å²) in [7, 11) is 1.43. The molecular formula is C24H16ClF2NO4. The summed E-state index contributed by atoms with van der Waals surface area (Å²) >= 11 is 6.16. The van der Waals surface area contributed by atoms with Crippen LogP contribution >= 0.6 is 11.6 Å². The molecule has 0 aliphatic carbocycles. The van der Waals surface area contributed by atoms with Crippen LogP contribution in [0.2, 0.25) is 5.02 Å². The van der Waals surface area contributed by atoms with Gasteiger partial charge in [0.05, 0.1) is 23.7 Å². The molecule has 162 valence electrons. The van der Waals surface area contributed by atoms with Crippen LogP contribution in [0.25, 0.3) is 5.76 Å². The zero-order valence-electron chi connectivity index (χ0n) is 16.7. The number of nitrogens with zero attached hydrogens (tertiary/aromatic N) is 1. The maximum atomic E-state index is 13.9. The zero-order valence-corrected chi connectivity index (χ0v) is 17.4. The number of ketones is 1. The van der Waals surface area contributed by atoms with Crippen molar-refractivity contribution in [1.29, 1.82) is 0 Å². The van der Waals surface area contributed by atoms with Crippen molar-refractivity contribution in [2.45, 2.75) is 6.04 Å². The Morgan fingerprint density at radius 3 is 2.34 bits per heavy atom. The van der Waals surface area contributed by atoms with Crippen molar-refractivity contribution in [2.24, 2.45) is 0 Å². The number of hydrogen-bond donors (Lipinski definition) is 1. The molecule has 1 unspecified atom stereocenters. The number of methoxy groups -OCH3 is 1. The Morgan fingerprint density at radius 2 is 1.72 bits per heavy atom. The smallest absolute Gasteiger partial charge is 0.300 e. The highest BCUT2D eigenvalue weighted by atomic mass is 35.5. The summed E-state index contributed by atoms with van der Waals surface area (Å²) in [4.78, 5) is 27.0. The molecule has 0 radical (unpaired) electrons. The number of halogens is 3. The van der Waals surface area contributed by atoms with Gasteiger partial charge in [0.15, 0.2) is 11.6 Å². The average molecular weight is 456 g/mol. The average Bonchev–Trinajstić information content (AvgIpc) is 3.06. The number of carbonyl (C=O) groups is 2. The van der Waals surface area contributed by atoms with Gasteiger partial charge in [0.2, 0.25) is 0 Å². The highest BCUT2D eigenvalue weighted by Crippen LogP contribution is 2.42. The first-order valence-electron chi connectivity index (χ1n) is 9.48. The van der Waals surface area contributed by atoms with Crippen molar-refractivity contribution in [3.8, 4) is 5.75 Å². The fourth-order valence-electron chi connectivity index (χ4n) is 3.65. The van der Waals surface area contributed by atoms with Crippen LogP contribution in [0.5, 0.6) is 5.75 Å². The number of aliphatic hydroxyl groups is 1. The number of anilines is 1. The van der Waals surface area contributed by atoms with E-state index in [4.69, 9.17) is 16.3 Å². The van der Waals surface area contributed by atoms with Gasteiger partial charge in [-0.1, -0.05) is 41.9 Å². The lowest BCUT2D eigenvalue weighted by Crippen LogP contribution is -2.29. The van der Waals surface area contributed by atoms with Crippen LogP contribution in [-0.4, -0.2) is 23.9 Å². The molecule has 1 N–H and O–H groups in total. The molecule has 1 saturated heterocycles. The normalized spacial score (nSPS) is 17.6. The van der Waals surface area contributed by atoms with Crippen LogP contribution < -0.4 is 9.64 Å². The van der Waals surface area contributed by atoms with E-state index in [1.165, 1.54) is 31.4 Å². The van der Waals surface area contributed by atoms with Crippen LogP contribution in [-0.2, 0) is 9.59 Å². The van der Waals surface area contributed by atoms with Gasteiger partial charge in [-0.3, -0.25) is 14.5 Å². The van der Waals surface area contributed by atoms with Crippen LogP contribution in [0.4, 0.5) is 14.5 Å². The molecule has 0 spiro atoms. The zero-order chi connectivity index (χ0) is 23.0. The number of rotatable bonds is 4. The van der Waals surface area contributed by atoms with Gasteiger partial charge in [0, 0.05) is 17.3 Å². The van der Waals surface area contributed by atoms with Gasteiger partial charge in [0.25, 0.3) is 11.7 Å². The van der Waals surface area contributed by atoms with E-state index in [2.05, 4.69) is 0 Å². The minimum Gasteiger partial charge on any atom is -0.507 e. The number of carbonyl (C=O) groups excluding carboxylic acids is 2. The van der Waals surface area contributed by atoms with Crippen molar-refractivity contribution in [3.05, 3.63) is 100 Å². The van der Waals surface area contributed by atoms with Gasteiger partial charge in [-0.2, -0.15) is 0 Å². The second-order valence-corrected chi connectivity index (χ2v) is 7.43.